The number of methoxy groups -OCH3 is 5. The molecule has 5 rings (SSSR count). The molecule has 2 aromatic heterocycles. The summed E-state index contributed by atoms with van der Waals surface area (Å²) in [6, 6.07) is 12.8. The van der Waals surface area contributed by atoms with Crippen molar-refractivity contribution in [2.45, 2.75) is 13.0 Å². The summed E-state index contributed by atoms with van der Waals surface area (Å²) in [5.74, 6) is 0.427. The fraction of sp³-hybridized carbons (Fsp3) is 0.226. The van der Waals surface area contributed by atoms with Gasteiger partial charge in [0.2, 0.25) is 0 Å². The normalized spacial score (nSPS) is 11.1. The van der Waals surface area contributed by atoms with Crippen molar-refractivity contribution in [3.63, 3.8) is 0 Å². The molecule has 5 aromatic rings. The van der Waals surface area contributed by atoms with Crippen molar-refractivity contribution in [3.05, 3.63) is 70.2 Å². The number of esters is 1. The quantitative estimate of drug-likeness (QED) is 0.142. The number of rotatable bonds is 9. The van der Waals surface area contributed by atoms with E-state index in [0.717, 1.165) is 0 Å². The Morgan fingerprint density at radius 1 is 0.810 bits per heavy atom. The number of carbonyl (C=O) groups is 1. The Morgan fingerprint density at radius 2 is 1.48 bits per heavy atom. The molecule has 218 valence electrons. The van der Waals surface area contributed by atoms with Gasteiger partial charge < -0.3 is 42.9 Å². The van der Waals surface area contributed by atoms with Crippen LogP contribution in [0.1, 0.15) is 16.1 Å². The molecule has 0 radical (unpaired) electrons. The number of hydrogen-bond donors (Lipinski definition) is 2. The van der Waals surface area contributed by atoms with Gasteiger partial charge in [0.25, 0.3) is 0 Å². The summed E-state index contributed by atoms with van der Waals surface area (Å²) in [6.07, 6.45) is 0.288. The zero-order valence-electron chi connectivity index (χ0n) is 23.6. The molecule has 42 heavy (non-hydrogen) atoms. The minimum atomic E-state index is -0.685. The Hall–Kier alpha value is -5.32. The largest absolute Gasteiger partial charge is 0.504 e. The molecule has 11 nitrogen and oxygen atoms in total. The summed E-state index contributed by atoms with van der Waals surface area (Å²) in [7, 11) is 7.24. The second-order valence-electron chi connectivity index (χ2n) is 9.33. The molecule has 0 aliphatic heterocycles. The number of aromatic hydroxyl groups is 2. The van der Waals surface area contributed by atoms with Crippen molar-refractivity contribution in [2.24, 2.45) is 0 Å². The number of phenols is 2. The van der Waals surface area contributed by atoms with Crippen molar-refractivity contribution in [3.8, 4) is 45.6 Å². The fourth-order valence-electron chi connectivity index (χ4n) is 5.15. The van der Waals surface area contributed by atoms with Crippen LogP contribution in [0.3, 0.4) is 0 Å². The first kappa shape index (κ1) is 28.2. The monoisotopic (exact) mass is 575 g/mol. The topological polar surface area (TPSA) is 139 Å². The lowest BCUT2D eigenvalue weighted by molar-refractivity contribution is 0.0590. The molecule has 0 fully saturated rings. The number of ether oxygens (including phenoxy) is 5. The van der Waals surface area contributed by atoms with E-state index in [0.29, 0.717) is 50.5 Å². The van der Waals surface area contributed by atoms with Crippen molar-refractivity contribution in [2.75, 3.05) is 35.5 Å². The molecular weight excluding hydrogens is 546 g/mol. The standard InChI is InChI=1S/C31H29NO10/c1-37-21-9-7-17(13-23(21)38-2)26-27-18-14-24(39-3)25(40-4)15-22(18)42-31(36)29(27)32(28(26)30(35)41-5)11-10-16-6-8-19(33)20(34)12-16/h6-9,12-15,33-34H,10-11H2,1-5H3. The minimum absolute atomic E-state index is 0.109. The average Bonchev–Trinajstić information content (AvgIpc) is 3.36. The summed E-state index contributed by atoms with van der Waals surface area (Å²) < 4.78 is 34.5. The zero-order chi connectivity index (χ0) is 30.1. The molecule has 0 aliphatic carbocycles. The summed E-state index contributed by atoms with van der Waals surface area (Å²) in [5, 5.41) is 20.7. The molecule has 0 bridgehead atoms. The molecule has 0 atom stereocenters. The van der Waals surface area contributed by atoms with Crippen molar-refractivity contribution >= 4 is 27.8 Å². The second-order valence-corrected chi connectivity index (χ2v) is 9.33. The van der Waals surface area contributed by atoms with E-state index in [-0.39, 0.29) is 41.3 Å². The van der Waals surface area contributed by atoms with Crippen molar-refractivity contribution in [1.82, 2.24) is 4.57 Å². The number of hydrogen-bond acceptors (Lipinski definition) is 10. The van der Waals surface area contributed by atoms with E-state index in [2.05, 4.69) is 0 Å². The summed E-state index contributed by atoms with van der Waals surface area (Å²) in [6.45, 7) is 0.127. The molecule has 11 heteroatoms. The molecule has 0 saturated heterocycles. The average molecular weight is 576 g/mol. The van der Waals surface area contributed by atoms with E-state index in [1.165, 1.54) is 47.7 Å². The van der Waals surface area contributed by atoms with Gasteiger partial charge in [-0.15, -0.1) is 0 Å². The van der Waals surface area contributed by atoms with E-state index >= 15 is 0 Å². The first-order valence-electron chi connectivity index (χ1n) is 12.8. The van der Waals surface area contributed by atoms with Crippen molar-refractivity contribution in [1.29, 1.82) is 0 Å². The molecule has 0 unspecified atom stereocenters. The first-order valence-corrected chi connectivity index (χ1v) is 12.8. The second kappa shape index (κ2) is 11.3. The SMILES string of the molecule is COC(=O)c1c(-c2ccc(OC)c(OC)c2)c2c3cc(OC)c(OC)cc3oc(=O)c2n1CCc1ccc(O)c(O)c1. The smallest absolute Gasteiger partial charge is 0.361 e. The maximum absolute atomic E-state index is 13.7. The van der Waals surface area contributed by atoms with E-state index < -0.39 is 11.6 Å². The highest BCUT2D eigenvalue weighted by atomic mass is 16.5. The van der Waals surface area contributed by atoms with Gasteiger partial charge in [0.15, 0.2) is 34.5 Å². The predicted octanol–water partition coefficient (Wildman–Crippen LogP) is 4.89. The Balaban J connectivity index is 1.90. The highest BCUT2D eigenvalue weighted by Gasteiger charge is 2.30. The third kappa shape index (κ3) is 4.68. The van der Waals surface area contributed by atoms with Gasteiger partial charge in [-0.3, -0.25) is 0 Å². The Labute approximate surface area is 240 Å². The lowest BCUT2D eigenvalue weighted by atomic mass is 9.99. The van der Waals surface area contributed by atoms with Gasteiger partial charge in [-0.2, -0.15) is 0 Å². The maximum atomic E-state index is 13.7. The molecule has 3 aromatic carbocycles. The molecule has 0 aliphatic rings. The molecular formula is C31H29NO10. The molecule has 2 heterocycles. The van der Waals surface area contributed by atoms with Gasteiger partial charge in [0.05, 0.1) is 35.5 Å². The summed E-state index contributed by atoms with van der Waals surface area (Å²) in [5.41, 5.74) is 1.41. The highest BCUT2D eigenvalue weighted by molar-refractivity contribution is 6.18. The molecule has 0 spiro atoms. The van der Waals surface area contributed by atoms with Crippen molar-refractivity contribution < 1.29 is 43.1 Å². The number of phenolic OH excluding ortho intramolecular Hbond substituents is 2. The summed E-state index contributed by atoms with van der Waals surface area (Å²) in [4.78, 5) is 27.2. The lowest BCUT2D eigenvalue weighted by Crippen LogP contribution is -2.16. The lowest BCUT2D eigenvalue weighted by Gasteiger charge is -2.13. The number of fused-ring (bicyclic) bond motifs is 3. The number of aryl methyl sites for hydroxylation is 2. The predicted molar refractivity (Wildman–Crippen MR) is 154 cm³/mol. The van der Waals surface area contributed by atoms with Gasteiger partial charge >= 0.3 is 11.6 Å². The van der Waals surface area contributed by atoms with Crippen LogP contribution in [0.25, 0.3) is 33.0 Å². The van der Waals surface area contributed by atoms with E-state index in [9.17, 15) is 19.8 Å². The number of nitrogens with zero attached hydrogens (tertiary/aromatic N) is 1. The van der Waals surface area contributed by atoms with E-state index in [4.69, 9.17) is 28.1 Å². The highest BCUT2D eigenvalue weighted by Crippen LogP contribution is 2.43. The van der Waals surface area contributed by atoms with Crippen LogP contribution in [0.15, 0.2) is 57.7 Å². The molecule has 0 amide bonds. The fourth-order valence-corrected chi connectivity index (χ4v) is 5.15. The van der Waals surface area contributed by atoms with Gasteiger partial charge in [0, 0.05) is 28.9 Å². The van der Waals surface area contributed by atoms with Crippen LogP contribution in [-0.4, -0.2) is 56.3 Å². The summed E-state index contributed by atoms with van der Waals surface area (Å²) >= 11 is 0. The Kier molecular flexibility index (Phi) is 7.58. The maximum Gasteiger partial charge on any atom is 0.361 e. The van der Waals surface area contributed by atoms with E-state index in [1.54, 1.807) is 41.0 Å². The van der Waals surface area contributed by atoms with Crippen LogP contribution in [0.5, 0.6) is 34.5 Å². The molecule has 0 saturated carbocycles. The Morgan fingerprint density at radius 3 is 2.12 bits per heavy atom. The van der Waals surface area contributed by atoms with Gasteiger partial charge in [-0.1, -0.05) is 12.1 Å². The van der Waals surface area contributed by atoms with Gasteiger partial charge in [0.1, 0.15) is 16.8 Å². The number of benzene rings is 3. The van der Waals surface area contributed by atoms with Crippen LogP contribution in [0, 0.1) is 0 Å². The Bertz CT molecular complexity index is 1890. The first-order chi connectivity index (χ1) is 20.3. The third-order valence-electron chi connectivity index (χ3n) is 7.13. The van der Waals surface area contributed by atoms with Gasteiger partial charge in [-0.25, -0.2) is 9.59 Å². The van der Waals surface area contributed by atoms with Crippen LogP contribution in [-0.2, 0) is 17.7 Å². The number of carbonyl (C=O) groups excluding carboxylic acids is 1. The molecule has 2 N–H and O–H groups in total. The van der Waals surface area contributed by atoms with Crippen LogP contribution in [0.2, 0.25) is 0 Å². The van der Waals surface area contributed by atoms with Crippen LogP contribution < -0.4 is 24.6 Å². The van der Waals surface area contributed by atoms with E-state index in [1.807, 2.05) is 0 Å². The third-order valence-corrected chi connectivity index (χ3v) is 7.13. The minimum Gasteiger partial charge on any atom is -0.504 e. The van der Waals surface area contributed by atoms with Crippen LogP contribution >= 0.6 is 0 Å². The van der Waals surface area contributed by atoms with Gasteiger partial charge in [-0.05, 0) is 47.9 Å². The zero-order valence-corrected chi connectivity index (χ0v) is 23.6. The van der Waals surface area contributed by atoms with Crippen LogP contribution in [0.4, 0.5) is 0 Å². The number of aromatic nitrogens is 1.